The monoisotopic (exact) mass is 763 g/mol. The molecule has 276 valence electrons. The molecule has 0 amide bonds. The summed E-state index contributed by atoms with van der Waals surface area (Å²) in [6, 6.07) is 43.3. The summed E-state index contributed by atoms with van der Waals surface area (Å²) in [5.41, 5.74) is 6.11. The summed E-state index contributed by atoms with van der Waals surface area (Å²) >= 11 is 0. The third-order valence-corrected chi connectivity index (χ3v) is 11.1. The van der Waals surface area contributed by atoms with Gasteiger partial charge in [-0.25, -0.2) is 0 Å². The van der Waals surface area contributed by atoms with E-state index in [0.717, 1.165) is 54.8 Å². The molecule has 0 bridgehead atoms. The molecule has 0 radical (unpaired) electrons. The summed E-state index contributed by atoms with van der Waals surface area (Å²) in [7, 11) is 0. The average molecular weight is 764 g/mol. The van der Waals surface area contributed by atoms with Gasteiger partial charge in [0.25, 0.3) is 0 Å². The highest BCUT2D eigenvalue weighted by molar-refractivity contribution is 6.19. The summed E-state index contributed by atoms with van der Waals surface area (Å²) in [5.74, 6) is 0. The fourth-order valence-electron chi connectivity index (χ4n) is 8.39. The molecular formula is C56H36N2O. The molecule has 10 aromatic carbocycles. The molecule has 59 heavy (non-hydrogen) atoms. The van der Waals surface area contributed by atoms with Crippen LogP contribution in [-0.4, -0.2) is 4.57 Å². The second-order valence-electron chi connectivity index (χ2n) is 14.4. The number of fused-ring (bicyclic) bond motifs is 9. The Bertz CT molecular complexity index is 4140. The highest BCUT2D eigenvalue weighted by atomic mass is 16.3. The fourth-order valence-corrected chi connectivity index (χ4v) is 8.39. The van der Waals surface area contributed by atoms with Gasteiger partial charge in [-0.3, -0.25) is 0 Å². The number of anilines is 3. The van der Waals surface area contributed by atoms with Crippen molar-refractivity contribution < 1.29 is 19.5 Å². The van der Waals surface area contributed by atoms with Crippen LogP contribution in [0, 0.1) is 0 Å². The van der Waals surface area contributed by atoms with Gasteiger partial charge in [0.1, 0.15) is 11.2 Å². The van der Waals surface area contributed by atoms with E-state index < -0.39 is 77.6 Å². The first-order chi connectivity index (χ1) is 33.8. The predicted molar refractivity (Wildman–Crippen MR) is 249 cm³/mol. The Hall–Kier alpha value is -7.88. The number of benzene rings is 10. The lowest BCUT2D eigenvalue weighted by molar-refractivity contribution is 0.672. The predicted octanol–water partition coefficient (Wildman–Crippen LogP) is 15.8. The van der Waals surface area contributed by atoms with Gasteiger partial charge in [-0.15, -0.1) is 0 Å². The van der Waals surface area contributed by atoms with Crippen LogP contribution in [0.2, 0.25) is 0 Å². The molecule has 3 nitrogen and oxygen atoms in total. The number of nitrogens with zero attached hydrogens (tertiary/aromatic N) is 2. The lowest BCUT2D eigenvalue weighted by atomic mass is 10.00. The van der Waals surface area contributed by atoms with Crippen LogP contribution in [0.25, 0.3) is 93.2 Å². The van der Waals surface area contributed by atoms with Gasteiger partial charge in [0.15, 0.2) is 0 Å². The van der Waals surface area contributed by atoms with Crippen molar-refractivity contribution in [1.82, 2.24) is 4.57 Å². The maximum Gasteiger partial charge on any atom is 0.143 e. The van der Waals surface area contributed by atoms with Gasteiger partial charge in [0.2, 0.25) is 0 Å². The van der Waals surface area contributed by atoms with Crippen LogP contribution in [0.5, 0.6) is 0 Å². The molecule has 0 fully saturated rings. The highest BCUT2D eigenvalue weighted by Gasteiger charge is 2.21. The first-order valence-corrected chi connectivity index (χ1v) is 19.3. The molecule has 0 saturated carbocycles. The van der Waals surface area contributed by atoms with Crippen LogP contribution >= 0.6 is 0 Å². The van der Waals surface area contributed by atoms with Crippen LogP contribution in [0.1, 0.15) is 15.1 Å². The van der Waals surface area contributed by atoms with Crippen LogP contribution in [0.3, 0.4) is 0 Å². The van der Waals surface area contributed by atoms with Crippen molar-refractivity contribution in [3.63, 3.8) is 0 Å². The molecule has 12 aromatic rings. The summed E-state index contributed by atoms with van der Waals surface area (Å²) in [5, 5.41) is 4.91. The number of hydrogen-bond acceptors (Lipinski definition) is 2. The second kappa shape index (κ2) is 13.4. The van der Waals surface area contributed by atoms with Gasteiger partial charge < -0.3 is 13.9 Å². The molecule has 0 atom stereocenters. The zero-order chi connectivity index (χ0) is 48.4. The summed E-state index contributed by atoms with van der Waals surface area (Å²) in [6.45, 7) is 0. The van der Waals surface area contributed by atoms with E-state index in [1.54, 1.807) is 11.0 Å². The Morgan fingerprint density at radius 2 is 1.14 bits per heavy atom. The Morgan fingerprint density at radius 1 is 0.441 bits per heavy atom. The zero-order valence-corrected chi connectivity index (χ0v) is 31.2. The van der Waals surface area contributed by atoms with Gasteiger partial charge in [-0.05, 0) is 111 Å². The van der Waals surface area contributed by atoms with Gasteiger partial charge in [-0.2, -0.15) is 0 Å². The average Bonchev–Trinajstić information content (AvgIpc) is 3.95. The Labute approximate surface area is 356 Å². The molecule has 3 heteroatoms. The minimum Gasteiger partial charge on any atom is -0.455 e. The molecule has 0 aliphatic rings. The number of furan rings is 1. The second-order valence-corrected chi connectivity index (χ2v) is 14.4. The lowest BCUT2D eigenvalue weighted by Crippen LogP contribution is -2.10. The SMILES string of the molecule is [2H]c1c([2H])c(N(c2ccc(-c3cccc(-n4c5ccccc5c5ccccc54)c3)cc2)c2cccc3oc4c5ccccc5ccc4c23)c([2H])c([2H])c1-c1c([2H])c([2H])c2c([2H])c([2H])c([2H])c([2H])c2c1[2H]. The summed E-state index contributed by atoms with van der Waals surface area (Å²) in [6.07, 6.45) is 0. The van der Waals surface area contributed by atoms with E-state index in [1.807, 2.05) is 109 Å². The standard InChI is InChI=1S/C56H36N2O/c1-2-13-41-35-43(24-23-37(41)11-1)39-27-32-45(33-28-39)57(53-21-10-22-54-55(53)50-34-29-40-12-3-4-16-47(40)56(50)59-54)44-30-25-38(26-31-44)42-14-9-15-46(36-42)58-51-19-7-5-17-48(51)49-18-6-8-20-52(49)58/h1-36H/i1D,2D,11D,13D,23D,24D,27D,28D,32D,33D,35D. The van der Waals surface area contributed by atoms with Gasteiger partial charge >= 0.3 is 0 Å². The summed E-state index contributed by atoms with van der Waals surface area (Å²) in [4.78, 5) is 1.67. The largest absolute Gasteiger partial charge is 0.455 e. The minimum atomic E-state index is -0.660. The van der Waals surface area contributed by atoms with Crippen molar-refractivity contribution >= 4 is 82.4 Å². The maximum absolute atomic E-state index is 9.72. The Balaban J connectivity index is 1.07. The first kappa shape index (κ1) is 24.0. The van der Waals surface area contributed by atoms with Crippen LogP contribution in [0.15, 0.2) is 223 Å². The van der Waals surface area contributed by atoms with Crippen molar-refractivity contribution in [2.75, 3.05) is 4.90 Å². The number of aromatic nitrogens is 1. The first-order valence-electron chi connectivity index (χ1n) is 24.8. The topological polar surface area (TPSA) is 21.3 Å². The normalized spacial score (nSPS) is 14.3. The van der Waals surface area contributed by atoms with Crippen molar-refractivity contribution in [2.24, 2.45) is 0 Å². The van der Waals surface area contributed by atoms with Crippen LogP contribution in [0.4, 0.5) is 17.1 Å². The molecule has 12 rings (SSSR count). The number of para-hydroxylation sites is 2. The molecule has 0 aliphatic heterocycles. The zero-order valence-electron chi connectivity index (χ0n) is 42.2. The fraction of sp³-hybridized carbons (Fsp3) is 0. The van der Waals surface area contributed by atoms with Crippen molar-refractivity contribution in [3.8, 4) is 27.9 Å². The number of hydrogen-bond donors (Lipinski definition) is 0. The van der Waals surface area contributed by atoms with Gasteiger partial charge in [-0.1, -0.05) is 145 Å². The molecule has 0 aliphatic carbocycles. The quantitative estimate of drug-likeness (QED) is 0.168. The molecule has 0 N–H and O–H groups in total. The van der Waals surface area contributed by atoms with E-state index in [9.17, 15) is 6.85 Å². The van der Waals surface area contributed by atoms with Crippen molar-refractivity contribution in [3.05, 3.63) is 218 Å². The summed E-state index contributed by atoms with van der Waals surface area (Å²) < 4.78 is 108. The maximum atomic E-state index is 9.72. The van der Waals surface area contributed by atoms with Crippen molar-refractivity contribution in [2.45, 2.75) is 0 Å². The molecule has 0 saturated heterocycles. The third-order valence-electron chi connectivity index (χ3n) is 11.1. The van der Waals surface area contributed by atoms with E-state index >= 15 is 0 Å². The van der Waals surface area contributed by atoms with Crippen molar-refractivity contribution in [1.29, 1.82) is 0 Å². The molecular weight excluding hydrogens is 717 g/mol. The molecule has 0 unspecified atom stereocenters. The van der Waals surface area contributed by atoms with Crippen LogP contribution in [-0.2, 0) is 0 Å². The van der Waals surface area contributed by atoms with E-state index in [1.165, 1.54) is 0 Å². The minimum absolute atomic E-state index is 0.130. The molecule has 0 spiro atoms. The number of rotatable bonds is 6. The molecule has 2 aromatic heterocycles. The highest BCUT2D eigenvalue weighted by Crippen LogP contribution is 2.45. The Morgan fingerprint density at radius 3 is 1.93 bits per heavy atom. The van der Waals surface area contributed by atoms with E-state index in [-0.39, 0.29) is 16.5 Å². The van der Waals surface area contributed by atoms with Gasteiger partial charge in [0.05, 0.1) is 37.2 Å². The van der Waals surface area contributed by atoms with Gasteiger partial charge in [0, 0.05) is 38.6 Å². The van der Waals surface area contributed by atoms with Crippen LogP contribution < -0.4 is 4.90 Å². The third kappa shape index (κ3) is 5.44. The van der Waals surface area contributed by atoms with E-state index in [2.05, 4.69) is 41.0 Å². The smallest absolute Gasteiger partial charge is 0.143 e. The lowest BCUT2D eigenvalue weighted by Gasteiger charge is -2.26. The molecule has 2 heterocycles. The Kier molecular flexibility index (Phi) is 5.44. The van der Waals surface area contributed by atoms with E-state index in [0.29, 0.717) is 27.9 Å². The van der Waals surface area contributed by atoms with E-state index in [4.69, 9.17) is 12.6 Å².